The second-order valence-electron chi connectivity index (χ2n) is 0.485. The molecule has 1 N–H and O–H groups in total. The molecule has 0 unspecified atom stereocenters. The van der Waals surface area contributed by atoms with Crippen molar-refractivity contribution in [2.45, 2.75) is 0 Å². The lowest BCUT2D eigenvalue weighted by molar-refractivity contribution is 0.0928. The second-order valence-corrected chi connectivity index (χ2v) is 0.485. The van der Waals surface area contributed by atoms with Crippen molar-refractivity contribution < 1.29 is 4.84 Å². The van der Waals surface area contributed by atoms with Crippen LogP contribution in [0.2, 0.25) is 0 Å². The Morgan fingerprint density at radius 2 is 2.67 bits per heavy atom. The van der Waals surface area contributed by atoms with Crippen LogP contribution in [0, 0.1) is 0 Å². The Balaban J connectivity index is 2.86. The summed E-state index contributed by atoms with van der Waals surface area (Å²) in [6.07, 6.45) is 0. The molecule has 0 aromatic rings. The van der Waals surface area contributed by atoms with Crippen LogP contribution < -0.4 is 5.59 Å². The molecule has 0 saturated heterocycles. The van der Waals surface area contributed by atoms with Crippen molar-refractivity contribution in [2.24, 2.45) is 5.22 Å². The lowest BCUT2D eigenvalue weighted by Gasteiger charge is -1.78. The predicted octanol–water partition coefficient (Wildman–Crippen LogP) is 0.363. The van der Waals surface area contributed by atoms with Crippen LogP contribution in [0.5, 0.6) is 0 Å². The van der Waals surface area contributed by atoms with Gasteiger partial charge in [-0.15, -0.1) is 11.1 Å². The summed E-state index contributed by atoms with van der Waals surface area (Å²) in [6, 6.07) is 0. The van der Waals surface area contributed by atoms with Gasteiger partial charge >= 0.3 is 0 Å². The summed E-state index contributed by atoms with van der Waals surface area (Å²) in [6.45, 7) is 0. The van der Waals surface area contributed by atoms with E-state index < -0.39 is 0 Å². The normalized spacial score (nSPS) is 6.17. The fourth-order valence-corrected chi connectivity index (χ4v) is 0.0591. The van der Waals surface area contributed by atoms with Gasteiger partial charge in [-0.2, -0.15) is 9.75 Å². The molecule has 0 spiro atoms. The first-order valence-electron chi connectivity index (χ1n) is 1.24. The minimum absolute atomic E-state index is 1.36. The Morgan fingerprint density at radius 1 is 2.00 bits per heavy atom. The number of azide groups is 1. The topological polar surface area (TPSA) is 70.0 Å². The third-order valence-electron chi connectivity index (χ3n) is 0.177. The van der Waals surface area contributed by atoms with E-state index in [2.05, 4.69) is 15.0 Å². The highest BCUT2D eigenvalue weighted by molar-refractivity contribution is 4.29. The van der Waals surface area contributed by atoms with Gasteiger partial charge in [0.05, 0.1) is 7.11 Å². The maximum Gasteiger partial charge on any atom is 0.0858 e. The number of nitrogens with zero attached hydrogens (tertiary/aromatic N) is 3. The van der Waals surface area contributed by atoms with E-state index in [4.69, 9.17) is 5.53 Å². The second kappa shape index (κ2) is 4.07. The van der Waals surface area contributed by atoms with Crippen LogP contribution in [-0.2, 0) is 4.84 Å². The molecule has 0 heterocycles. The fraction of sp³-hybridized carbons (Fsp3) is 1.00. The van der Waals surface area contributed by atoms with Gasteiger partial charge < -0.3 is 0 Å². The number of hydrogen-bond acceptors (Lipinski definition) is 2. The Kier molecular flexibility index (Phi) is 3.44. The average molecular weight is 88.1 g/mol. The predicted molar refractivity (Wildman–Crippen MR) is 19.3 cm³/mol. The molecule has 0 aromatic heterocycles. The van der Waals surface area contributed by atoms with E-state index in [1.54, 1.807) is 0 Å². The van der Waals surface area contributed by atoms with E-state index in [9.17, 15) is 0 Å². The summed E-state index contributed by atoms with van der Waals surface area (Å²) >= 11 is 0. The van der Waals surface area contributed by atoms with E-state index in [0.29, 0.717) is 0 Å². The molecule has 5 nitrogen and oxygen atoms in total. The molecule has 0 bridgehead atoms. The van der Waals surface area contributed by atoms with Gasteiger partial charge in [0.1, 0.15) is 0 Å². The van der Waals surface area contributed by atoms with Gasteiger partial charge in [-0.3, -0.25) is 0 Å². The lowest BCUT2D eigenvalue weighted by Crippen LogP contribution is -1.98. The van der Waals surface area contributed by atoms with Crippen molar-refractivity contribution in [2.75, 3.05) is 7.11 Å². The zero-order valence-electron chi connectivity index (χ0n) is 3.25. The third kappa shape index (κ3) is 3.07. The minimum atomic E-state index is 1.36. The summed E-state index contributed by atoms with van der Waals surface area (Å²) in [4.78, 5) is 6.43. The Hall–Kier alpha value is -0.930. The molecular weight excluding hydrogens is 84.0 g/mol. The molecular formula is CH4N4O. The van der Waals surface area contributed by atoms with Crippen LogP contribution in [0.25, 0.3) is 10.4 Å². The van der Waals surface area contributed by atoms with E-state index in [0.717, 1.165) is 0 Å². The molecule has 0 atom stereocenters. The molecule has 0 aliphatic heterocycles. The molecule has 0 rings (SSSR count). The molecule has 0 aromatic carbocycles. The van der Waals surface area contributed by atoms with Crippen molar-refractivity contribution in [3.8, 4) is 0 Å². The Bertz CT molecular complexity index is 63.9. The highest BCUT2D eigenvalue weighted by Crippen LogP contribution is 1.55. The Morgan fingerprint density at radius 3 is 2.83 bits per heavy atom. The SMILES string of the molecule is CONN=[N+]=[N-]. The monoisotopic (exact) mass is 88.0 g/mol. The molecule has 6 heavy (non-hydrogen) atoms. The van der Waals surface area contributed by atoms with Gasteiger partial charge in [-0.05, 0) is 0 Å². The molecule has 0 saturated carbocycles. The van der Waals surface area contributed by atoms with Crippen molar-refractivity contribution in [1.29, 1.82) is 0 Å². The van der Waals surface area contributed by atoms with Crippen molar-refractivity contribution >= 4 is 0 Å². The van der Waals surface area contributed by atoms with Gasteiger partial charge in [0.2, 0.25) is 0 Å². The van der Waals surface area contributed by atoms with E-state index in [-0.39, 0.29) is 0 Å². The number of rotatable bonds is 2. The maximum absolute atomic E-state index is 7.51. The molecule has 0 aliphatic rings. The van der Waals surface area contributed by atoms with Crippen LogP contribution >= 0.6 is 0 Å². The van der Waals surface area contributed by atoms with Crippen LogP contribution in [0.15, 0.2) is 5.22 Å². The summed E-state index contributed by atoms with van der Waals surface area (Å²) in [5, 5.41) is 2.80. The van der Waals surface area contributed by atoms with Crippen molar-refractivity contribution in [1.82, 2.24) is 5.59 Å². The van der Waals surface area contributed by atoms with Crippen LogP contribution in [0.3, 0.4) is 0 Å². The zero-order valence-corrected chi connectivity index (χ0v) is 3.25. The van der Waals surface area contributed by atoms with Gasteiger partial charge in [-0.1, -0.05) is 0 Å². The van der Waals surface area contributed by atoms with E-state index in [1.807, 2.05) is 5.59 Å². The van der Waals surface area contributed by atoms with Gasteiger partial charge in [0.15, 0.2) is 0 Å². The molecule has 34 valence electrons. The summed E-state index contributed by atoms with van der Waals surface area (Å²) in [5.41, 5.74) is 9.42. The van der Waals surface area contributed by atoms with Gasteiger partial charge in [0, 0.05) is 5.22 Å². The summed E-state index contributed by atoms with van der Waals surface area (Å²) in [5.74, 6) is 0. The zero-order chi connectivity index (χ0) is 4.83. The average Bonchev–Trinajstić information content (AvgIpc) is 1.61. The van der Waals surface area contributed by atoms with Crippen molar-refractivity contribution in [3.63, 3.8) is 0 Å². The largest absolute Gasteiger partial charge is 0.197 e. The first-order chi connectivity index (χ1) is 2.91. The quantitative estimate of drug-likeness (QED) is 0.229. The van der Waals surface area contributed by atoms with Gasteiger partial charge in [0.25, 0.3) is 0 Å². The minimum Gasteiger partial charge on any atom is -0.197 e. The van der Waals surface area contributed by atoms with Crippen molar-refractivity contribution in [3.05, 3.63) is 10.4 Å². The summed E-state index contributed by atoms with van der Waals surface area (Å²) < 4.78 is 0. The smallest absolute Gasteiger partial charge is 0.0858 e. The van der Waals surface area contributed by atoms with E-state index >= 15 is 0 Å². The summed E-state index contributed by atoms with van der Waals surface area (Å²) in [7, 11) is 1.36. The highest BCUT2D eigenvalue weighted by Gasteiger charge is 1.59. The third-order valence-corrected chi connectivity index (χ3v) is 0.177. The molecule has 0 fully saturated rings. The first kappa shape index (κ1) is 5.07. The standard InChI is InChI=1S/CH4N4O/c1-6-5-4-3-2/h5H,1H3. The number of hydrogen-bond donors (Lipinski definition) is 1. The first-order valence-corrected chi connectivity index (χ1v) is 1.24. The van der Waals surface area contributed by atoms with E-state index in [1.165, 1.54) is 7.11 Å². The highest BCUT2D eigenvalue weighted by atomic mass is 16.7. The molecule has 0 amide bonds. The van der Waals surface area contributed by atoms with Crippen LogP contribution in [0.4, 0.5) is 0 Å². The van der Waals surface area contributed by atoms with Gasteiger partial charge in [-0.25, -0.2) is 0 Å². The Labute approximate surface area is 34.5 Å². The van der Waals surface area contributed by atoms with Crippen LogP contribution in [0.1, 0.15) is 0 Å². The molecule has 5 heteroatoms. The maximum atomic E-state index is 7.51. The molecule has 0 radical (unpaired) electrons. The van der Waals surface area contributed by atoms with Crippen LogP contribution in [-0.4, -0.2) is 7.11 Å². The number of nitrogens with one attached hydrogen (secondary N) is 1. The fourth-order valence-electron chi connectivity index (χ4n) is 0.0591. The molecule has 0 aliphatic carbocycles. The lowest BCUT2D eigenvalue weighted by atomic mass is 11.7.